The number of rotatable bonds is 1. The average Bonchev–Trinajstić information content (AvgIpc) is 2.85. The van der Waals surface area contributed by atoms with Gasteiger partial charge in [-0.15, -0.1) is 12.3 Å². The molecule has 0 aliphatic heterocycles. The summed E-state index contributed by atoms with van der Waals surface area (Å²) < 4.78 is 0. The molecule has 1 aromatic rings. The third-order valence-corrected chi connectivity index (χ3v) is 1.63. The number of hydrogen-bond donors (Lipinski definition) is 1. The maximum Gasteiger partial charge on any atom is 0.0540 e. The summed E-state index contributed by atoms with van der Waals surface area (Å²) in [7, 11) is 0. The number of hydrogen-bond acceptors (Lipinski definition) is 1. The quantitative estimate of drug-likeness (QED) is 0.628. The van der Waals surface area contributed by atoms with Crippen LogP contribution in [0, 0.1) is 12.3 Å². The van der Waals surface area contributed by atoms with Crippen molar-refractivity contribution >= 4 is 0 Å². The summed E-state index contributed by atoms with van der Waals surface area (Å²) in [5, 5.41) is 7.92. The van der Waals surface area contributed by atoms with Gasteiger partial charge in [-0.1, -0.05) is 24.3 Å². The Morgan fingerprint density at radius 3 is 2.17 bits per heavy atom. The molecule has 1 nitrogen and oxygen atoms in total. The first-order valence-electron chi connectivity index (χ1n) is 3.99. The predicted molar refractivity (Wildman–Crippen MR) is 49.8 cm³/mol. The van der Waals surface area contributed by atoms with Gasteiger partial charge in [0.25, 0.3) is 0 Å². The standard InChI is InChI=1S/C7H6.C4H6O/c1-2-4-7-5-6(7)3-1;1-2-3-4-5/h1-4H,5H2;1,5H,3-4H2. The topological polar surface area (TPSA) is 20.2 Å². The predicted octanol–water partition coefficient (Wildman–Crippen LogP) is 1.59. The maximum absolute atomic E-state index is 7.92. The summed E-state index contributed by atoms with van der Waals surface area (Å²) in [5.74, 6) is 2.27. The van der Waals surface area contributed by atoms with Crippen molar-refractivity contribution in [3.63, 3.8) is 0 Å². The van der Waals surface area contributed by atoms with Crippen molar-refractivity contribution < 1.29 is 5.11 Å². The molecule has 0 saturated heterocycles. The van der Waals surface area contributed by atoms with Crippen molar-refractivity contribution in [1.82, 2.24) is 0 Å². The number of fused-ring (bicyclic) bond motifs is 1. The van der Waals surface area contributed by atoms with E-state index < -0.39 is 0 Å². The first-order chi connectivity index (χ1) is 5.88. The summed E-state index contributed by atoms with van der Waals surface area (Å²) in [4.78, 5) is 0. The summed E-state index contributed by atoms with van der Waals surface area (Å²) in [5.41, 5.74) is 3.06. The molecule has 0 bridgehead atoms. The first-order valence-corrected chi connectivity index (χ1v) is 3.99. The number of aliphatic hydroxyl groups excluding tert-OH is 1. The van der Waals surface area contributed by atoms with Crippen LogP contribution in [0.25, 0.3) is 0 Å². The van der Waals surface area contributed by atoms with Gasteiger partial charge in [-0.25, -0.2) is 0 Å². The molecule has 2 rings (SSSR count). The van der Waals surface area contributed by atoms with Crippen molar-refractivity contribution in [3.05, 3.63) is 35.4 Å². The lowest BCUT2D eigenvalue weighted by Gasteiger charge is -1.70. The Morgan fingerprint density at radius 2 is 1.92 bits per heavy atom. The fourth-order valence-corrected chi connectivity index (χ4v) is 0.901. The van der Waals surface area contributed by atoms with Crippen molar-refractivity contribution in [2.75, 3.05) is 6.61 Å². The van der Waals surface area contributed by atoms with Gasteiger partial charge in [-0.2, -0.15) is 0 Å². The molecule has 0 atom stereocenters. The van der Waals surface area contributed by atoms with E-state index in [2.05, 4.69) is 30.2 Å². The van der Waals surface area contributed by atoms with Gasteiger partial charge >= 0.3 is 0 Å². The minimum absolute atomic E-state index is 0.108. The van der Waals surface area contributed by atoms with Crippen LogP contribution in [0.2, 0.25) is 0 Å². The van der Waals surface area contributed by atoms with Crippen LogP contribution in [0.15, 0.2) is 24.3 Å². The van der Waals surface area contributed by atoms with E-state index in [1.807, 2.05) is 0 Å². The molecular formula is C11H12O. The van der Waals surface area contributed by atoms with E-state index in [1.165, 1.54) is 17.5 Å². The van der Waals surface area contributed by atoms with Crippen molar-refractivity contribution in [1.29, 1.82) is 0 Å². The first kappa shape index (κ1) is 8.83. The van der Waals surface area contributed by atoms with Gasteiger partial charge in [0.15, 0.2) is 0 Å². The SMILES string of the molecule is C#CCCO.c1ccc2c(c1)C2. The Labute approximate surface area is 73.0 Å². The molecule has 1 N–H and O–H groups in total. The van der Waals surface area contributed by atoms with Gasteiger partial charge in [0, 0.05) is 6.42 Å². The van der Waals surface area contributed by atoms with E-state index in [0.29, 0.717) is 6.42 Å². The van der Waals surface area contributed by atoms with Crippen LogP contribution in [-0.4, -0.2) is 11.7 Å². The minimum Gasteiger partial charge on any atom is -0.395 e. The molecule has 0 radical (unpaired) electrons. The number of aliphatic hydroxyl groups is 1. The molecule has 1 aromatic carbocycles. The van der Waals surface area contributed by atoms with Gasteiger partial charge in [-0.3, -0.25) is 0 Å². The molecule has 0 unspecified atom stereocenters. The number of terminal acetylenes is 1. The molecule has 0 aromatic heterocycles. The highest BCUT2D eigenvalue weighted by molar-refractivity contribution is 5.44. The smallest absolute Gasteiger partial charge is 0.0540 e. The maximum atomic E-state index is 7.92. The lowest BCUT2D eigenvalue weighted by atomic mass is 10.4. The van der Waals surface area contributed by atoms with Crippen LogP contribution < -0.4 is 0 Å². The molecular weight excluding hydrogens is 148 g/mol. The van der Waals surface area contributed by atoms with Crippen LogP contribution in [0.3, 0.4) is 0 Å². The normalized spacial score (nSPS) is 10.3. The summed E-state index contributed by atoms with van der Waals surface area (Å²) >= 11 is 0. The third kappa shape index (κ3) is 2.77. The molecule has 12 heavy (non-hydrogen) atoms. The highest BCUT2D eigenvalue weighted by Crippen LogP contribution is 2.25. The Bertz CT molecular complexity index is 262. The average molecular weight is 160 g/mol. The fraction of sp³-hybridized carbons (Fsp3) is 0.273. The molecule has 0 amide bonds. The van der Waals surface area contributed by atoms with Gasteiger partial charge in [0.1, 0.15) is 0 Å². The number of benzene rings is 1. The van der Waals surface area contributed by atoms with Crippen molar-refractivity contribution in [2.24, 2.45) is 0 Å². The molecule has 0 spiro atoms. The van der Waals surface area contributed by atoms with Gasteiger partial charge in [0.2, 0.25) is 0 Å². The highest BCUT2D eigenvalue weighted by atomic mass is 16.2. The van der Waals surface area contributed by atoms with Crippen LogP contribution in [0.5, 0.6) is 0 Å². The third-order valence-electron chi connectivity index (χ3n) is 1.63. The largest absolute Gasteiger partial charge is 0.395 e. The lowest BCUT2D eigenvalue weighted by Crippen LogP contribution is -1.72. The van der Waals surface area contributed by atoms with E-state index in [-0.39, 0.29) is 6.61 Å². The van der Waals surface area contributed by atoms with E-state index >= 15 is 0 Å². The zero-order chi connectivity index (χ0) is 8.81. The second kappa shape index (κ2) is 4.58. The highest BCUT2D eigenvalue weighted by Gasteiger charge is 2.12. The van der Waals surface area contributed by atoms with Crippen LogP contribution >= 0.6 is 0 Å². The molecule has 0 heterocycles. The minimum atomic E-state index is 0.108. The van der Waals surface area contributed by atoms with Gasteiger partial charge in [-0.05, 0) is 17.5 Å². The Hall–Kier alpha value is -1.26. The van der Waals surface area contributed by atoms with Gasteiger partial charge < -0.3 is 5.11 Å². The Kier molecular flexibility index (Phi) is 3.37. The molecule has 0 fully saturated rings. The lowest BCUT2D eigenvalue weighted by molar-refractivity contribution is 0.305. The second-order valence-electron chi connectivity index (χ2n) is 2.62. The van der Waals surface area contributed by atoms with Crippen LogP contribution in [0.4, 0.5) is 0 Å². The molecule has 1 aliphatic rings. The van der Waals surface area contributed by atoms with Gasteiger partial charge in [0.05, 0.1) is 6.61 Å². The molecule has 62 valence electrons. The Morgan fingerprint density at radius 1 is 1.33 bits per heavy atom. The van der Waals surface area contributed by atoms with E-state index in [0.717, 1.165) is 0 Å². The zero-order valence-electron chi connectivity index (χ0n) is 6.96. The van der Waals surface area contributed by atoms with Crippen molar-refractivity contribution in [3.8, 4) is 12.3 Å². The second-order valence-corrected chi connectivity index (χ2v) is 2.62. The summed E-state index contributed by atoms with van der Waals surface area (Å²) in [6.07, 6.45) is 6.44. The van der Waals surface area contributed by atoms with Crippen LogP contribution in [-0.2, 0) is 6.42 Å². The van der Waals surface area contributed by atoms with E-state index in [1.54, 1.807) is 0 Å². The Balaban J connectivity index is 0.000000130. The molecule has 0 saturated carbocycles. The van der Waals surface area contributed by atoms with E-state index in [4.69, 9.17) is 11.5 Å². The van der Waals surface area contributed by atoms with E-state index in [9.17, 15) is 0 Å². The van der Waals surface area contributed by atoms with Crippen molar-refractivity contribution in [2.45, 2.75) is 12.8 Å². The summed E-state index contributed by atoms with van der Waals surface area (Å²) in [6, 6.07) is 8.53. The van der Waals surface area contributed by atoms with Crippen LogP contribution in [0.1, 0.15) is 17.5 Å². The molecule has 1 heteroatoms. The monoisotopic (exact) mass is 160 g/mol. The fourth-order valence-electron chi connectivity index (χ4n) is 0.901. The summed E-state index contributed by atoms with van der Waals surface area (Å²) in [6.45, 7) is 0.108. The zero-order valence-corrected chi connectivity index (χ0v) is 6.96. The molecule has 1 aliphatic carbocycles.